The number of aromatic nitrogens is 1. The number of rotatable bonds is 5. The van der Waals surface area contributed by atoms with Crippen LogP contribution in [-0.4, -0.2) is 17.5 Å². The maximum Gasteiger partial charge on any atom is 0.213 e. The number of halogens is 1. The van der Waals surface area contributed by atoms with Gasteiger partial charge in [0.25, 0.3) is 0 Å². The Kier molecular flexibility index (Phi) is 4.54. The van der Waals surface area contributed by atoms with Crippen LogP contribution in [-0.2, 0) is 0 Å². The first-order valence-electron chi connectivity index (χ1n) is 4.03. The third-order valence-corrected chi connectivity index (χ3v) is 1.68. The predicted octanol–water partition coefficient (Wildman–Crippen LogP) is 2.48. The second-order valence-corrected chi connectivity index (χ2v) is 2.79. The minimum atomic E-state index is 0.687. The standard InChI is InChI=1S/C9H12ClNO/c10-6-2-4-8-12-9-5-1-3-7-11-9/h1,3,5,7H,2,4,6,8H2. The average molecular weight is 186 g/mol. The molecule has 1 aromatic heterocycles. The van der Waals surface area contributed by atoms with Gasteiger partial charge in [-0.25, -0.2) is 4.98 Å². The second kappa shape index (κ2) is 5.84. The topological polar surface area (TPSA) is 22.1 Å². The fraction of sp³-hybridized carbons (Fsp3) is 0.444. The molecule has 0 aliphatic rings. The summed E-state index contributed by atoms with van der Waals surface area (Å²) in [6.45, 7) is 0.698. The van der Waals surface area contributed by atoms with Crippen LogP contribution in [0.2, 0.25) is 0 Å². The minimum absolute atomic E-state index is 0.687. The van der Waals surface area contributed by atoms with E-state index in [2.05, 4.69) is 4.98 Å². The summed E-state index contributed by atoms with van der Waals surface area (Å²) in [5, 5.41) is 0. The highest BCUT2D eigenvalue weighted by atomic mass is 35.5. The summed E-state index contributed by atoms with van der Waals surface area (Å²) in [5.41, 5.74) is 0. The van der Waals surface area contributed by atoms with Gasteiger partial charge in [0.2, 0.25) is 5.88 Å². The van der Waals surface area contributed by atoms with Gasteiger partial charge in [0.15, 0.2) is 0 Å². The summed E-state index contributed by atoms with van der Waals surface area (Å²) in [6, 6.07) is 5.62. The number of alkyl halides is 1. The van der Waals surface area contributed by atoms with Crippen molar-refractivity contribution >= 4 is 11.6 Å². The number of ether oxygens (including phenoxy) is 1. The van der Waals surface area contributed by atoms with Crippen LogP contribution < -0.4 is 4.74 Å². The molecule has 66 valence electrons. The summed E-state index contributed by atoms with van der Waals surface area (Å²) in [5.74, 6) is 1.39. The van der Waals surface area contributed by atoms with Crippen molar-refractivity contribution in [1.82, 2.24) is 4.98 Å². The molecule has 0 bridgehead atoms. The molecule has 2 nitrogen and oxygen atoms in total. The maximum absolute atomic E-state index is 5.51. The van der Waals surface area contributed by atoms with Gasteiger partial charge in [0, 0.05) is 18.1 Å². The summed E-state index contributed by atoms with van der Waals surface area (Å²) in [6.07, 6.45) is 3.70. The number of nitrogens with zero attached hydrogens (tertiary/aromatic N) is 1. The van der Waals surface area contributed by atoms with Gasteiger partial charge < -0.3 is 4.74 Å². The molecule has 0 aromatic carbocycles. The van der Waals surface area contributed by atoms with Crippen LogP contribution in [0.25, 0.3) is 0 Å². The molecule has 0 radical (unpaired) electrons. The molecule has 3 heteroatoms. The second-order valence-electron chi connectivity index (χ2n) is 2.41. The molecule has 0 N–H and O–H groups in total. The fourth-order valence-corrected chi connectivity index (χ4v) is 0.995. The third kappa shape index (κ3) is 3.58. The molecule has 1 heterocycles. The lowest BCUT2D eigenvalue weighted by Gasteiger charge is -2.02. The highest BCUT2D eigenvalue weighted by Gasteiger charge is 1.91. The van der Waals surface area contributed by atoms with Crippen molar-refractivity contribution in [2.75, 3.05) is 12.5 Å². The molecule has 0 amide bonds. The van der Waals surface area contributed by atoms with Crippen molar-refractivity contribution in [2.24, 2.45) is 0 Å². The van der Waals surface area contributed by atoms with Crippen molar-refractivity contribution in [2.45, 2.75) is 12.8 Å². The number of hydrogen-bond acceptors (Lipinski definition) is 2. The van der Waals surface area contributed by atoms with Crippen LogP contribution in [0.1, 0.15) is 12.8 Å². The average Bonchev–Trinajstić information content (AvgIpc) is 2.14. The van der Waals surface area contributed by atoms with Crippen LogP contribution in [0.4, 0.5) is 0 Å². The number of pyridine rings is 1. The van der Waals surface area contributed by atoms with E-state index < -0.39 is 0 Å². The molecule has 0 saturated carbocycles. The SMILES string of the molecule is ClCCCCOc1ccccn1. The van der Waals surface area contributed by atoms with Gasteiger partial charge >= 0.3 is 0 Å². The van der Waals surface area contributed by atoms with Crippen LogP contribution >= 0.6 is 11.6 Å². The lowest BCUT2D eigenvalue weighted by Crippen LogP contribution is -1.98. The first-order valence-corrected chi connectivity index (χ1v) is 4.57. The monoisotopic (exact) mass is 185 g/mol. The van der Waals surface area contributed by atoms with Gasteiger partial charge in [-0.3, -0.25) is 0 Å². The molecule has 0 fully saturated rings. The third-order valence-electron chi connectivity index (χ3n) is 1.42. The Bertz CT molecular complexity index is 203. The minimum Gasteiger partial charge on any atom is -0.478 e. The number of hydrogen-bond donors (Lipinski definition) is 0. The van der Waals surface area contributed by atoms with E-state index in [9.17, 15) is 0 Å². The van der Waals surface area contributed by atoms with Crippen LogP contribution in [0.15, 0.2) is 24.4 Å². The van der Waals surface area contributed by atoms with Crippen molar-refractivity contribution in [1.29, 1.82) is 0 Å². The zero-order valence-electron chi connectivity index (χ0n) is 6.87. The predicted molar refractivity (Wildman–Crippen MR) is 49.7 cm³/mol. The molecule has 0 aliphatic carbocycles. The first-order chi connectivity index (χ1) is 5.93. The zero-order chi connectivity index (χ0) is 8.65. The van der Waals surface area contributed by atoms with E-state index in [1.54, 1.807) is 6.20 Å². The van der Waals surface area contributed by atoms with E-state index in [4.69, 9.17) is 16.3 Å². The Labute approximate surface area is 77.5 Å². The molecule has 0 spiro atoms. The summed E-state index contributed by atoms with van der Waals surface area (Å²) >= 11 is 5.51. The molecule has 0 saturated heterocycles. The molecule has 0 atom stereocenters. The lowest BCUT2D eigenvalue weighted by molar-refractivity contribution is 0.298. The fourth-order valence-electron chi connectivity index (χ4n) is 0.806. The Morgan fingerprint density at radius 2 is 2.25 bits per heavy atom. The summed E-state index contributed by atoms with van der Waals surface area (Å²) in [4.78, 5) is 4.02. The van der Waals surface area contributed by atoms with Gasteiger partial charge in [0.1, 0.15) is 0 Å². The molecule has 1 rings (SSSR count). The van der Waals surface area contributed by atoms with E-state index in [1.165, 1.54) is 0 Å². The largest absolute Gasteiger partial charge is 0.478 e. The molecular weight excluding hydrogens is 174 g/mol. The van der Waals surface area contributed by atoms with Crippen LogP contribution in [0, 0.1) is 0 Å². The Hall–Kier alpha value is -0.760. The van der Waals surface area contributed by atoms with E-state index in [0.717, 1.165) is 12.8 Å². The van der Waals surface area contributed by atoms with Gasteiger partial charge in [-0.2, -0.15) is 0 Å². The smallest absolute Gasteiger partial charge is 0.213 e. The highest BCUT2D eigenvalue weighted by molar-refractivity contribution is 6.17. The van der Waals surface area contributed by atoms with Gasteiger partial charge in [-0.1, -0.05) is 6.07 Å². The quantitative estimate of drug-likeness (QED) is 0.520. The van der Waals surface area contributed by atoms with Crippen LogP contribution in [0.5, 0.6) is 5.88 Å². The molecule has 0 aliphatic heterocycles. The van der Waals surface area contributed by atoms with E-state index in [1.807, 2.05) is 18.2 Å². The van der Waals surface area contributed by atoms with E-state index in [0.29, 0.717) is 18.4 Å². The maximum atomic E-state index is 5.51. The Morgan fingerprint density at radius 3 is 2.92 bits per heavy atom. The highest BCUT2D eigenvalue weighted by Crippen LogP contribution is 2.04. The van der Waals surface area contributed by atoms with Gasteiger partial charge in [-0.05, 0) is 18.9 Å². The molecule has 0 unspecified atom stereocenters. The summed E-state index contributed by atoms with van der Waals surface area (Å²) < 4.78 is 5.34. The van der Waals surface area contributed by atoms with Crippen molar-refractivity contribution in [3.05, 3.63) is 24.4 Å². The van der Waals surface area contributed by atoms with E-state index >= 15 is 0 Å². The Balaban J connectivity index is 2.16. The molecule has 12 heavy (non-hydrogen) atoms. The first kappa shape index (κ1) is 9.33. The molecule has 1 aromatic rings. The van der Waals surface area contributed by atoms with Crippen molar-refractivity contribution in [3.63, 3.8) is 0 Å². The van der Waals surface area contributed by atoms with Crippen LogP contribution in [0.3, 0.4) is 0 Å². The normalized spacial score (nSPS) is 9.75. The van der Waals surface area contributed by atoms with Crippen molar-refractivity contribution in [3.8, 4) is 5.88 Å². The number of unbranched alkanes of at least 4 members (excludes halogenated alkanes) is 1. The zero-order valence-corrected chi connectivity index (χ0v) is 7.63. The lowest BCUT2D eigenvalue weighted by atomic mass is 10.4. The van der Waals surface area contributed by atoms with Gasteiger partial charge in [0.05, 0.1) is 6.61 Å². The Morgan fingerprint density at radius 1 is 1.33 bits per heavy atom. The molecular formula is C9H12ClNO. The van der Waals surface area contributed by atoms with Crippen molar-refractivity contribution < 1.29 is 4.74 Å². The summed E-state index contributed by atoms with van der Waals surface area (Å²) in [7, 11) is 0. The van der Waals surface area contributed by atoms with Gasteiger partial charge in [-0.15, -0.1) is 11.6 Å². The van der Waals surface area contributed by atoms with E-state index in [-0.39, 0.29) is 0 Å².